The molecule has 0 aliphatic carbocycles. The first kappa shape index (κ1) is 16.1. The summed E-state index contributed by atoms with van der Waals surface area (Å²) in [4.78, 5) is 23.0. The van der Waals surface area contributed by atoms with E-state index in [2.05, 4.69) is 10.1 Å². The van der Waals surface area contributed by atoms with E-state index in [0.29, 0.717) is 0 Å². The second kappa shape index (κ2) is 6.47. The Labute approximate surface area is 117 Å². The molecule has 0 aliphatic heterocycles. The largest absolute Gasteiger partial charge is 0.465 e. The van der Waals surface area contributed by atoms with E-state index in [1.807, 2.05) is 0 Å². The van der Waals surface area contributed by atoms with E-state index in [1.54, 1.807) is 20.8 Å². The first-order valence-corrected chi connectivity index (χ1v) is 6.04. The summed E-state index contributed by atoms with van der Waals surface area (Å²) in [6.45, 7) is 5.21. The Balaban J connectivity index is 2.76. The van der Waals surface area contributed by atoms with Crippen molar-refractivity contribution in [3.63, 3.8) is 0 Å². The highest BCUT2D eigenvalue weighted by atomic mass is 19.1. The van der Waals surface area contributed by atoms with Crippen molar-refractivity contribution in [2.75, 3.05) is 19.0 Å². The number of rotatable bonds is 4. The molecular formula is C14H18FNO4. The Morgan fingerprint density at radius 2 is 1.95 bits per heavy atom. The first-order chi connectivity index (χ1) is 9.23. The zero-order valence-corrected chi connectivity index (χ0v) is 12.0. The van der Waals surface area contributed by atoms with Gasteiger partial charge in [-0.3, -0.25) is 4.79 Å². The number of carbonyl (C=O) groups excluding carboxylic acids is 2. The summed E-state index contributed by atoms with van der Waals surface area (Å²) in [6, 6.07) is 3.59. The number of anilines is 1. The van der Waals surface area contributed by atoms with Crippen LogP contribution in [0.5, 0.6) is 0 Å². The molecule has 0 unspecified atom stereocenters. The first-order valence-electron chi connectivity index (χ1n) is 6.04. The zero-order valence-electron chi connectivity index (χ0n) is 12.0. The molecule has 1 amide bonds. The van der Waals surface area contributed by atoms with E-state index < -0.39 is 23.3 Å². The van der Waals surface area contributed by atoms with Crippen LogP contribution in [0.3, 0.4) is 0 Å². The van der Waals surface area contributed by atoms with E-state index in [4.69, 9.17) is 4.74 Å². The molecule has 6 heteroatoms. The third-order valence-corrected chi connectivity index (χ3v) is 2.30. The number of carbonyl (C=O) groups is 2. The SMILES string of the molecule is COC(=O)c1ccc(F)c(NC(=O)COC(C)(C)C)c1. The second-order valence-corrected chi connectivity index (χ2v) is 5.14. The Morgan fingerprint density at radius 1 is 1.30 bits per heavy atom. The predicted molar refractivity (Wildman–Crippen MR) is 72.1 cm³/mol. The molecular weight excluding hydrogens is 265 g/mol. The van der Waals surface area contributed by atoms with Crippen molar-refractivity contribution >= 4 is 17.6 Å². The van der Waals surface area contributed by atoms with Crippen LogP contribution in [0.4, 0.5) is 10.1 Å². The highest BCUT2D eigenvalue weighted by Gasteiger charge is 2.15. The Hall–Kier alpha value is -1.95. The minimum absolute atomic E-state index is 0.0876. The molecule has 110 valence electrons. The maximum absolute atomic E-state index is 13.6. The predicted octanol–water partition coefficient (Wildman–Crippen LogP) is 2.37. The van der Waals surface area contributed by atoms with Gasteiger partial charge in [0.1, 0.15) is 12.4 Å². The molecule has 1 N–H and O–H groups in total. The van der Waals surface area contributed by atoms with Gasteiger partial charge in [-0.1, -0.05) is 0 Å². The summed E-state index contributed by atoms with van der Waals surface area (Å²) in [5, 5.41) is 2.36. The van der Waals surface area contributed by atoms with Crippen molar-refractivity contribution in [3.05, 3.63) is 29.6 Å². The van der Waals surface area contributed by atoms with Gasteiger partial charge < -0.3 is 14.8 Å². The lowest BCUT2D eigenvalue weighted by molar-refractivity contribution is -0.125. The molecule has 0 radical (unpaired) electrons. The van der Waals surface area contributed by atoms with Gasteiger partial charge in [-0.15, -0.1) is 0 Å². The molecule has 0 aromatic heterocycles. The van der Waals surface area contributed by atoms with Crippen molar-refractivity contribution in [2.24, 2.45) is 0 Å². The van der Waals surface area contributed by atoms with Crippen molar-refractivity contribution in [2.45, 2.75) is 26.4 Å². The molecule has 1 aromatic carbocycles. The van der Waals surface area contributed by atoms with Crippen LogP contribution in [-0.4, -0.2) is 31.2 Å². The number of hydrogen-bond donors (Lipinski definition) is 1. The quantitative estimate of drug-likeness (QED) is 0.862. The third-order valence-electron chi connectivity index (χ3n) is 2.30. The molecule has 0 heterocycles. The van der Waals surface area contributed by atoms with Crippen molar-refractivity contribution in [3.8, 4) is 0 Å². The van der Waals surface area contributed by atoms with E-state index in [1.165, 1.54) is 19.2 Å². The molecule has 0 spiro atoms. The lowest BCUT2D eigenvalue weighted by Crippen LogP contribution is -2.27. The third kappa shape index (κ3) is 4.97. The van der Waals surface area contributed by atoms with E-state index in [-0.39, 0.29) is 17.9 Å². The summed E-state index contributed by atoms with van der Waals surface area (Å²) in [7, 11) is 1.22. The van der Waals surface area contributed by atoms with Crippen LogP contribution in [0, 0.1) is 5.82 Å². The Kier molecular flexibility index (Phi) is 5.21. The average Bonchev–Trinajstić information content (AvgIpc) is 2.37. The Bertz CT molecular complexity index is 508. The summed E-state index contributed by atoms with van der Waals surface area (Å²) in [5.74, 6) is -1.74. The van der Waals surface area contributed by atoms with Gasteiger partial charge in [-0.2, -0.15) is 0 Å². The van der Waals surface area contributed by atoms with Gasteiger partial charge in [0, 0.05) is 0 Å². The van der Waals surface area contributed by atoms with Crippen LogP contribution in [0.15, 0.2) is 18.2 Å². The molecule has 1 rings (SSSR count). The van der Waals surface area contributed by atoms with Gasteiger partial charge in [-0.05, 0) is 39.0 Å². The number of ether oxygens (including phenoxy) is 2. The van der Waals surface area contributed by atoms with Gasteiger partial charge in [-0.25, -0.2) is 9.18 Å². The molecule has 0 saturated carbocycles. The smallest absolute Gasteiger partial charge is 0.337 e. The highest BCUT2D eigenvalue weighted by molar-refractivity contribution is 5.95. The van der Waals surface area contributed by atoms with Gasteiger partial charge in [0.2, 0.25) is 5.91 Å². The van der Waals surface area contributed by atoms with Crippen LogP contribution in [0.2, 0.25) is 0 Å². The number of hydrogen-bond acceptors (Lipinski definition) is 4. The van der Waals surface area contributed by atoms with Crippen LogP contribution in [0.1, 0.15) is 31.1 Å². The fraction of sp³-hybridized carbons (Fsp3) is 0.429. The monoisotopic (exact) mass is 283 g/mol. The maximum atomic E-state index is 13.6. The second-order valence-electron chi connectivity index (χ2n) is 5.14. The summed E-state index contributed by atoms with van der Waals surface area (Å²) < 4.78 is 23.4. The van der Waals surface area contributed by atoms with Crippen LogP contribution in [0.25, 0.3) is 0 Å². The number of esters is 1. The van der Waals surface area contributed by atoms with Gasteiger partial charge >= 0.3 is 5.97 Å². The number of halogens is 1. The summed E-state index contributed by atoms with van der Waals surface area (Å²) in [5.41, 5.74) is -0.402. The van der Waals surface area contributed by atoms with Crippen LogP contribution >= 0.6 is 0 Å². The standard InChI is InChI=1S/C14H18FNO4/c1-14(2,3)20-8-12(17)16-11-7-9(13(18)19-4)5-6-10(11)15/h5-7H,8H2,1-4H3,(H,16,17). The molecule has 20 heavy (non-hydrogen) atoms. The van der Waals surface area contributed by atoms with E-state index in [9.17, 15) is 14.0 Å². The molecule has 0 saturated heterocycles. The number of benzene rings is 1. The van der Waals surface area contributed by atoms with Crippen LogP contribution in [-0.2, 0) is 14.3 Å². The minimum atomic E-state index is -0.637. The Morgan fingerprint density at radius 3 is 2.50 bits per heavy atom. The molecule has 0 fully saturated rings. The fourth-order valence-electron chi connectivity index (χ4n) is 1.33. The van der Waals surface area contributed by atoms with Crippen molar-refractivity contribution < 1.29 is 23.5 Å². The maximum Gasteiger partial charge on any atom is 0.337 e. The van der Waals surface area contributed by atoms with Crippen LogP contribution < -0.4 is 5.32 Å². The molecule has 0 atom stereocenters. The van der Waals surface area contributed by atoms with E-state index >= 15 is 0 Å². The van der Waals surface area contributed by atoms with Gasteiger partial charge in [0.25, 0.3) is 0 Å². The van der Waals surface area contributed by atoms with E-state index in [0.717, 1.165) is 6.07 Å². The normalized spacial score (nSPS) is 11.1. The highest BCUT2D eigenvalue weighted by Crippen LogP contribution is 2.17. The molecule has 0 aliphatic rings. The van der Waals surface area contributed by atoms with Crippen molar-refractivity contribution in [1.29, 1.82) is 0 Å². The van der Waals surface area contributed by atoms with Gasteiger partial charge in [0.15, 0.2) is 0 Å². The topological polar surface area (TPSA) is 64.6 Å². The zero-order chi connectivity index (χ0) is 15.3. The summed E-state index contributed by atoms with van der Waals surface area (Å²) in [6.07, 6.45) is 0. The minimum Gasteiger partial charge on any atom is -0.465 e. The lowest BCUT2D eigenvalue weighted by atomic mass is 10.2. The number of amides is 1. The molecule has 5 nitrogen and oxygen atoms in total. The fourth-order valence-corrected chi connectivity index (χ4v) is 1.33. The van der Waals surface area contributed by atoms with Gasteiger partial charge in [0.05, 0.1) is 24.0 Å². The lowest BCUT2D eigenvalue weighted by Gasteiger charge is -2.19. The summed E-state index contributed by atoms with van der Waals surface area (Å²) >= 11 is 0. The molecule has 1 aromatic rings. The average molecular weight is 283 g/mol. The number of methoxy groups -OCH3 is 1. The van der Waals surface area contributed by atoms with Crippen molar-refractivity contribution in [1.82, 2.24) is 0 Å². The number of nitrogens with one attached hydrogen (secondary N) is 1. The molecule has 0 bridgehead atoms.